The molecule has 2 aromatic carbocycles. The molecule has 0 aliphatic heterocycles. The van der Waals surface area contributed by atoms with Crippen molar-refractivity contribution in [3.05, 3.63) is 66.2 Å². The lowest BCUT2D eigenvalue weighted by molar-refractivity contribution is 0.415. The van der Waals surface area contributed by atoms with Crippen LogP contribution in [-0.4, -0.2) is 27.2 Å². The lowest BCUT2D eigenvalue weighted by Crippen LogP contribution is -2.09. The third-order valence-corrected chi connectivity index (χ3v) is 5.07. The molecule has 22 heavy (non-hydrogen) atoms. The molecule has 0 saturated heterocycles. The topological polar surface area (TPSA) is 43.4 Å². The maximum atomic E-state index is 12.5. The first-order valence-corrected chi connectivity index (χ1v) is 8.93. The van der Waals surface area contributed by atoms with Crippen LogP contribution in [0.5, 0.6) is 5.75 Å². The second-order valence-corrected chi connectivity index (χ2v) is 6.98. The molecule has 0 amide bonds. The number of alkyl halides is 1. The highest BCUT2D eigenvalue weighted by atomic mass is 35.5. The molecule has 0 N–H and O–H groups in total. The van der Waals surface area contributed by atoms with Gasteiger partial charge in [-0.05, 0) is 35.4 Å². The van der Waals surface area contributed by atoms with Crippen molar-refractivity contribution in [2.45, 2.75) is 4.90 Å². The fourth-order valence-corrected chi connectivity index (χ4v) is 3.69. The Balaban J connectivity index is 2.31. The van der Waals surface area contributed by atoms with Gasteiger partial charge in [-0.1, -0.05) is 36.4 Å². The number of rotatable bonds is 6. The highest BCUT2D eigenvalue weighted by molar-refractivity contribution is 7.91. The fourth-order valence-electron chi connectivity index (χ4n) is 2.07. The molecule has 0 radical (unpaired) electrons. The first-order chi connectivity index (χ1) is 10.6. The third kappa shape index (κ3) is 4.12. The van der Waals surface area contributed by atoms with E-state index in [0.29, 0.717) is 10.5 Å². The largest absolute Gasteiger partial charge is 0.497 e. The Labute approximate surface area is 136 Å². The highest BCUT2D eigenvalue weighted by Gasteiger charge is 2.17. The molecular weight excluding hydrogens is 320 g/mol. The summed E-state index contributed by atoms with van der Waals surface area (Å²) in [6.45, 7) is 0. The van der Waals surface area contributed by atoms with Crippen molar-refractivity contribution < 1.29 is 13.2 Å². The Morgan fingerprint density at radius 3 is 2.27 bits per heavy atom. The van der Waals surface area contributed by atoms with Crippen LogP contribution >= 0.6 is 11.6 Å². The van der Waals surface area contributed by atoms with Crippen LogP contribution < -0.4 is 4.74 Å². The summed E-state index contributed by atoms with van der Waals surface area (Å²) >= 11 is 5.78. The molecule has 0 spiro atoms. The van der Waals surface area contributed by atoms with Gasteiger partial charge >= 0.3 is 0 Å². The third-order valence-electron chi connectivity index (χ3n) is 3.23. The van der Waals surface area contributed by atoms with Crippen molar-refractivity contribution in [1.29, 1.82) is 0 Å². The van der Waals surface area contributed by atoms with Gasteiger partial charge in [0, 0.05) is 5.88 Å². The van der Waals surface area contributed by atoms with Gasteiger partial charge in [-0.15, -0.1) is 11.6 Å². The van der Waals surface area contributed by atoms with Gasteiger partial charge in [0.15, 0.2) is 9.84 Å². The van der Waals surface area contributed by atoms with Crippen molar-refractivity contribution in [3.8, 4) is 5.75 Å². The quantitative estimate of drug-likeness (QED) is 0.754. The Morgan fingerprint density at radius 2 is 1.73 bits per heavy atom. The normalized spacial score (nSPS) is 12.2. The van der Waals surface area contributed by atoms with Crippen molar-refractivity contribution in [2.75, 3.05) is 18.7 Å². The van der Waals surface area contributed by atoms with Crippen LogP contribution in [0.15, 0.2) is 65.6 Å². The van der Waals surface area contributed by atoms with Crippen molar-refractivity contribution in [2.24, 2.45) is 0 Å². The van der Waals surface area contributed by atoms with E-state index in [0.717, 1.165) is 11.3 Å². The van der Waals surface area contributed by atoms with Crippen LogP contribution in [-0.2, 0) is 9.84 Å². The predicted octanol–water partition coefficient (Wildman–Crippen LogP) is 3.79. The number of allylic oxidation sites excluding steroid dienone is 1. The molecule has 0 fully saturated rings. The van der Waals surface area contributed by atoms with E-state index < -0.39 is 9.84 Å². The number of sulfone groups is 1. The average Bonchev–Trinajstić information content (AvgIpc) is 2.55. The second kappa shape index (κ2) is 7.47. The first-order valence-electron chi connectivity index (χ1n) is 6.74. The van der Waals surface area contributed by atoms with Gasteiger partial charge in [-0.2, -0.15) is 0 Å². The molecule has 0 saturated carbocycles. The number of methoxy groups -OCH3 is 1. The van der Waals surface area contributed by atoms with Crippen LogP contribution in [0.3, 0.4) is 0 Å². The molecule has 0 aliphatic carbocycles. The molecule has 5 heteroatoms. The molecule has 0 bridgehead atoms. The zero-order valence-electron chi connectivity index (χ0n) is 12.2. The molecule has 0 atom stereocenters. The van der Waals surface area contributed by atoms with Crippen molar-refractivity contribution in [3.63, 3.8) is 0 Å². The first kappa shape index (κ1) is 16.6. The SMILES string of the molecule is COc1ccc(/C(=C\CCl)CS(=O)(=O)c2ccccc2)cc1. The standard InChI is InChI=1S/C17H17ClO3S/c1-21-16-9-7-14(8-10-16)15(11-12-18)13-22(19,20)17-5-3-2-4-6-17/h2-11H,12-13H2,1H3/b15-11-. The van der Waals surface area contributed by atoms with Gasteiger partial charge in [-0.3, -0.25) is 0 Å². The van der Waals surface area contributed by atoms with Crippen molar-refractivity contribution in [1.82, 2.24) is 0 Å². The molecule has 0 unspecified atom stereocenters. The predicted molar refractivity (Wildman–Crippen MR) is 90.2 cm³/mol. The minimum Gasteiger partial charge on any atom is -0.497 e. The van der Waals surface area contributed by atoms with Crippen LogP contribution in [0.4, 0.5) is 0 Å². The Hall–Kier alpha value is -1.78. The highest BCUT2D eigenvalue weighted by Crippen LogP contribution is 2.23. The number of ether oxygens (including phenoxy) is 1. The van der Waals surface area contributed by atoms with E-state index in [1.54, 1.807) is 55.7 Å². The van der Waals surface area contributed by atoms with E-state index in [4.69, 9.17) is 16.3 Å². The average molecular weight is 337 g/mol. The van der Waals surface area contributed by atoms with Crippen LogP contribution in [0.25, 0.3) is 5.57 Å². The summed E-state index contributed by atoms with van der Waals surface area (Å²) in [4.78, 5) is 0.309. The van der Waals surface area contributed by atoms with Crippen LogP contribution in [0.1, 0.15) is 5.56 Å². The number of halogens is 1. The lowest BCUT2D eigenvalue weighted by Gasteiger charge is -2.10. The summed E-state index contributed by atoms with van der Waals surface area (Å²) in [5, 5.41) is 0. The summed E-state index contributed by atoms with van der Waals surface area (Å²) in [5.41, 5.74) is 1.50. The van der Waals surface area contributed by atoms with Crippen molar-refractivity contribution >= 4 is 27.0 Å². The van der Waals surface area contributed by atoms with Gasteiger partial charge in [0.25, 0.3) is 0 Å². The Morgan fingerprint density at radius 1 is 1.09 bits per heavy atom. The Kier molecular flexibility index (Phi) is 5.63. The zero-order valence-corrected chi connectivity index (χ0v) is 13.8. The summed E-state index contributed by atoms with van der Waals surface area (Å²) in [6, 6.07) is 15.7. The van der Waals surface area contributed by atoms with E-state index in [9.17, 15) is 8.42 Å². The van der Waals surface area contributed by atoms with E-state index >= 15 is 0 Å². The summed E-state index contributed by atoms with van der Waals surface area (Å²) in [6.07, 6.45) is 1.73. The molecule has 3 nitrogen and oxygen atoms in total. The van der Waals surface area contributed by atoms with Gasteiger partial charge in [-0.25, -0.2) is 8.42 Å². The summed E-state index contributed by atoms with van der Waals surface area (Å²) in [5.74, 6) is 0.891. The molecule has 0 heterocycles. The maximum absolute atomic E-state index is 12.5. The van der Waals surface area contributed by atoms with E-state index in [-0.39, 0.29) is 11.6 Å². The zero-order chi connectivity index (χ0) is 16.0. The minimum atomic E-state index is -3.40. The van der Waals surface area contributed by atoms with E-state index in [1.165, 1.54) is 0 Å². The molecule has 116 valence electrons. The second-order valence-electron chi connectivity index (χ2n) is 4.68. The smallest absolute Gasteiger partial charge is 0.182 e. The molecule has 2 rings (SSSR count). The van der Waals surface area contributed by atoms with Gasteiger partial charge in [0.2, 0.25) is 0 Å². The Bertz CT molecular complexity index is 735. The van der Waals surface area contributed by atoms with Gasteiger partial charge in [0.1, 0.15) is 5.75 Å². The minimum absolute atomic E-state index is 0.0872. The molecule has 0 aliphatic rings. The maximum Gasteiger partial charge on any atom is 0.182 e. The summed E-state index contributed by atoms with van der Waals surface area (Å²) in [7, 11) is -1.82. The van der Waals surface area contributed by atoms with Gasteiger partial charge < -0.3 is 4.74 Å². The monoisotopic (exact) mass is 336 g/mol. The summed E-state index contributed by atoms with van der Waals surface area (Å²) < 4.78 is 30.1. The van der Waals surface area contributed by atoms with Gasteiger partial charge in [0.05, 0.1) is 17.8 Å². The van der Waals surface area contributed by atoms with Crippen LogP contribution in [0.2, 0.25) is 0 Å². The number of hydrogen-bond donors (Lipinski definition) is 0. The van der Waals surface area contributed by atoms with E-state index in [2.05, 4.69) is 0 Å². The van der Waals surface area contributed by atoms with E-state index in [1.807, 2.05) is 12.1 Å². The molecular formula is C17H17ClO3S. The number of benzene rings is 2. The van der Waals surface area contributed by atoms with Crippen LogP contribution in [0, 0.1) is 0 Å². The molecule has 2 aromatic rings. The number of hydrogen-bond acceptors (Lipinski definition) is 3. The lowest BCUT2D eigenvalue weighted by atomic mass is 10.1. The fraction of sp³-hybridized carbons (Fsp3) is 0.176. The molecule has 0 aromatic heterocycles.